The molecule has 2 aromatic heterocycles. The molecule has 9 heteroatoms. The molecule has 0 aliphatic carbocycles. The van der Waals surface area contributed by atoms with E-state index < -0.39 is 6.09 Å². The van der Waals surface area contributed by atoms with Gasteiger partial charge in [0.05, 0.1) is 34.7 Å². The third-order valence-electron chi connectivity index (χ3n) is 5.80. The van der Waals surface area contributed by atoms with E-state index in [0.29, 0.717) is 17.8 Å². The van der Waals surface area contributed by atoms with Crippen LogP contribution in [-0.4, -0.2) is 58.0 Å². The fourth-order valence-electron chi connectivity index (χ4n) is 3.99. The molecule has 0 bridgehead atoms. The van der Waals surface area contributed by atoms with Crippen molar-refractivity contribution in [2.75, 3.05) is 30.4 Å². The minimum atomic E-state index is -0.915. The summed E-state index contributed by atoms with van der Waals surface area (Å²) in [6, 6.07) is 9.53. The molecule has 1 unspecified atom stereocenters. The summed E-state index contributed by atoms with van der Waals surface area (Å²) in [6.07, 6.45) is 4.16. The molecule has 8 nitrogen and oxygen atoms in total. The zero-order valence-electron chi connectivity index (χ0n) is 17.9. The van der Waals surface area contributed by atoms with Crippen LogP contribution in [0.1, 0.15) is 30.1 Å². The van der Waals surface area contributed by atoms with Crippen molar-refractivity contribution in [2.45, 2.75) is 25.8 Å². The average Bonchev–Trinajstić information content (AvgIpc) is 2.79. The number of hydrogen-bond donors (Lipinski definition) is 2. The van der Waals surface area contributed by atoms with Gasteiger partial charge < -0.3 is 20.2 Å². The number of piperidine rings is 1. The Kier molecular flexibility index (Phi) is 6.27. The Morgan fingerprint density at radius 2 is 2.03 bits per heavy atom. The second kappa shape index (κ2) is 9.12. The number of benzene rings is 1. The Balaban J connectivity index is 1.59. The number of fused-ring (bicyclic) bond motifs is 1. The van der Waals surface area contributed by atoms with E-state index in [1.165, 1.54) is 11.8 Å². The molecule has 32 heavy (non-hydrogen) atoms. The molecule has 3 heterocycles. The van der Waals surface area contributed by atoms with Gasteiger partial charge in [0.1, 0.15) is 5.82 Å². The van der Waals surface area contributed by atoms with E-state index in [2.05, 4.69) is 36.1 Å². The molecule has 3 aromatic rings. The molecule has 1 amide bonds. The molecule has 0 radical (unpaired) electrons. The first-order valence-electron chi connectivity index (χ1n) is 10.4. The van der Waals surface area contributed by atoms with Crippen molar-refractivity contribution in [1.82, 2.24) is 14.9 Å². The number of Topliss-reactive ketones (excluding diaryl/α,β-unsaturated/α-hetero) is 1. The van der Waals surface area contributed by atoms with Crippen LogP contribution in [0.4, 0.5) is 22.0 Å². The van der Waals surface area contributed by atoms with Gasteiger partial charge in [-0.3, -0.25) is 9.78 Å². The summed E-state index contributed by atoms with van der Waals surface area (Å²) >= 11 is 3.49. The fraction of sp³-hybridized carbons (Fsp3) is 0.304. The van der Waals surface area contributed by atoms with Crippen molar-refractivity contribution in [2.24, 2.45) is 0 Å². The summed E-state index contributed by atoms with van der Waals surface area (Å²) in [7, 11) is 1.61. The third kappa shape index (κ3) is 4.52. The number of hydrogen-bond acceptors (Lipinski definition) is 6. The Bertz CT molecular complexity index is 1170. The zero-order chi connectivity index (χ0) is 22.8. The van der Waals surface area contributed by atoms with Crippen LogP contribution in [0.3, 0.4) is 0 Å². The molecule has 1 aromatic carbocycles. The summed E-state index contributed by atoms with van der Waals surface area (Å²) in [6.45, 7) is 2.97. The van der Waals surface area contributed by atoms with Gasteiger partial charge in [0.15, 0.2) is 5.78 Å². The number of ketones is 1. The maximum Gasteiger partial charge on any atom is 0.407 e. The van der Waals surface area contributed by atoms with Crippen molar-refractivity contribution >= 4 is 55.9 Å². The van der Waals surface area contributed by atoms with E-state index in [-0.39, 0.29) is 11.8 Å². The van der Waals surface area contributed by atoms with Crippen molar-refractivity contribution < 1.29 is 14.7 Å². The van der Waals surface area contributed by atoms with Crippen LogP contribution in [0.15, 0.2) is 47.2 Å². The van der Waals surface area contributed by atoms with Crippen LogP contribution in [0.2, 0.25) is 0 Å². The summed E-state index contributed by atoms with van der Waals surface area (Å²) in [5, 5.41) is 13.5. The minimum absolute atomic E-state index is 0.0550. The monoisotopic (exact) mass is 497 g/mol. The highest BCUT2D eigenvalue weighted by atomic mass is 79.9. The molecule has 1 atom stereocenters. The van der Waals surface area contributed by atoms with Gasteiger partial charge in [-0.25, -0.2) is 9.78 Å². The van der Waals surface area contributed by atoms with Crippen LogP contribution in [0.25, 0.3) is 10.9 Å². The molecule has 1 aliphatic rings. The van der Waals surface area contributed by atoms with Gasteiger partial charge in [0, 0.05) is 36.2 Å². The van der Waals surface area contributed by atoms with Crippen molar-refractivity contribution in [3.63, 3.8) is 0 Å². The first-order valence-corrected chi connectivity index (χ1v) is 11.2. The maximum absolute atomic E-state index is 12.2. The molecule has 1 aliphatic heterocycles. The number of rotatable bonds is 5. The van der Waals surface area contributed by atoms with E-state index in [1.54, 1.807) is 19.4 Å². The fourth-order valence-corrected chi connectivity index (χ4v) is 4.35. The number of nitrogens with one attached hydrogen (secondary N) is 1. The second-order valence-corrected chi connectivity index (χ2v) is 8.85. The molecule has 1 fully saturated rings. The van der Waals surface area contributed by atoms with E-state index >= 15 is 0 Å². The Hall–Kier alpha value is -3.20. The maximum atomic E-state index is 12.2. The van der Waals surface area contributed by atoms with Crippen LogP contribution in [0, 0.1) is 0 Å². The zero-order valence-corrected chi connectivity index (χ0v) is 19.5. The highest BCUT2D eigenvalue weighted by Crippen LogP contribution is 2.32. The van der Waals surface area contributed by atoms with Gasteiger partial charge in [-0.15, -0.1) is 0 Å². The van der Waals surface area contributed by atoms with Crippen molar-refractivity contribution in [3.8, 4) is 0 Å². The molecule has 0 saturated carbocycles. The van der Waals surface area contributed by atoms with Gasteiger partial charge in [-0.2, -0.15) is 0 Å². The van der Waals surface area contributed by atoms with Gasteiger partial charge in [-0.05, 0) is 50.1 Å². The lowest BCUT2D eigenvalue weighted by Crippen LogP contribution is -2.48. The van der Waals surface area contributed by atoms with Crippen LogP contribution in [0.5, 0.6) is 0 Å². The summed E-state index contributed by atoms with van der Waals surface area (Å²) in [5.74, 6) is 0.724. The number of carboxylic acid groups (broad SMARTS) is 1. The second-order valence-electron chi connectivity index (χ2n) is 7.93. The highest BCUT2D eigenvalue weighted by molar-refractivity contribution is 9.10. The van der Waals surface area contributed by atoms with E-state index in [9.17, 15) is 14.7 Å². The molecule has 166 valence electrons. The SMILES string of the molecule is CC(=O)c1cnc2ccc(Br)cc2c1Nc1ccc(N2CCCC(N(C)C(=O)O)C2)nc1. The molecule has 0 spiro atoms. The van der Waals surface area contributed by atoms with E-state index in [1.807, 2.05) is 30.3 Å². The minimum Gasteiger partial charge on any atom is -0.465 e. The van der Waals surface area contributed by atoms with Gasteiger partial charge in [0.25, 0.3) is 0 Å². The molecular weight excluding hydrogens is 474 g/mol. The summed E-state index contributed by atoms with van der Waals surface area (Å²) < 4.78 is 0.898. The van der Waals surface area contributed by atoms with Crippen LogP contribution in [-0.2, 0) is 0 Å². The quantitative estimate of drug-likeness (QED) is 0.482. The van der Waals surface area contributed by atoms with Crippen molar-refractivity contribution in [3.05, 3.63) is 52.8 Å². The Labute approximate surface area is 194 Å². The summed E-state index contributed by atoms with van der Waals surface area (Å²) in [5.41, 5.74) is 2.74. The number of amides is 1. The van der Waals surface area contributed by atoms with Crippen LogP contribution < -0.4 is 10.2 Å². The average molecular weight is 498 g/mol. The number of nitrogens with zero attached hydrogens (tertiary/aromatic N) is 4. The topological polar surface area (TPSA) is 98.7 Å². The smallest absolute Gasteiger partial charge is 0.407 e. The van der Waals surface area contributed by atoms with Gasteiger partial charge in [0.2, 0.25) is 0 Å². The standard InChI is InChI=1S/C23H24BrN5O3/c1-14(30)19-12-25-20-7-5-15(24)10-18(20)22(19)27-16-6-8-21(26-11-16)29-9-3-4-17(13-29)28(2)23(31)32/h5-8,10-12,17H,3-4,9,13H2,1-2H3,(H,25,27)(H,31,32). The third-order valence-corrected chi connectivity index (χ3v) is 6.29. The number of pyridine rings is 2. The lowest BCUT2D eigenvalue weighted by atomic mass is 10.0. The van der Waals surface area contributed by atoms with Crippen molar-refractivity contribution in [1.29, 1.82) is 0 Å². The highest BCUT2D eigenvalue weighted by Gasteiger charge is 2.26. The summed E-state index contributed by atoms with van der Waals surface area (Å²) in [4.78, 5) is 36.0. The predicted molar refractivity (Wildman–Crippen MR) is 128 cm³/mol. The lowest BCUT2D eigenvalue weighted by Gasteiger charge is -2.37. The number of carbonyl (C=O) groups excluding carboxylic acids is 1. The Morgan fingerprint density at radius 3 is 2.72 bits per heavy atom. The number of anilines is 3. The van der Waals surface area contributed by atoms with Crippen LogP contribution >= 0.6 is 15.9 Å². The van der Waals surface area contributed by atoms with E-state index in [0.717, 1.165) is 46.3 Å². The Morgan fingerprint density at radius 1 is 1.22 bits per heavy atom. The number of carbonyl (C=O) groups is 2. The molecule has 2 N–H and O–H groups in total. The molecule has 1 saturated heterocycles. The number of halogens is 1. The normalized spacial score (nSPS) is 16.1. The predicted octanol–water partition coefficient (Wildman–Crippen LogP) is 4.92. The first-order chi connectivity index (χ1) is 15.3. The molecule has 4 rings (SSSR count). The van der Waals surface area contributed by atoms with Gasteiger partial charge in [-0.1, -0.05) is 15.9 Å². The van der Waals surface area contributed by atoms with E-state index in [4.69, 9.17) is 0 Å². The number of aromatic nitrogens is 2. The first kappa shape index (κ1) is 22.0. The number of likely N-dealkylation sites (N-methyl/N-ethyl adjacent to an activating group) is 1. The molecular formula is C23H24BrN5O3. The van der Waals surface area contributed by atoms with Gasteiger partial charge >= 0.3 is 6.09 Å². The lowest BCUT2D eigenvalue weighted by molar-refractivity contribution is 0.101. The largest absolute Gasteiger partial charge is 0.465 e.